The largest absolute Gasteiger partial charge is 0.456 e. The summed E-state index contributed by atoms with van der Waals surface area (Å²) in [6.07, 6.45) is -12.0. The number of ketones is 1. The minimum Gasteiger partial charge on any atom is -0.456 e. The molecule has 4 N–H and O–H groups in total. The lowest BCUT2D eigenvalue weighted by Crippen LogP contribution is -2.83. The van der Waals surface area contributed by atoms with Crippen molar-refractivity contribution in [3.63, 3.8) is 0 Å². The highest BCUT2D eigenvalue weighted by molar-refractivity contribution is 5.94. The number of carbonyl (C=O) groups excluding carboxylic acids is 7. The van der Waals surface area contributed by atoms with Gasteiger partial charge in [0.25, 0.3) is 0 Å². The molecule has 2 bridgehead atoms. The predicted octanol–water partition coefficient (Wildman–Crippen LogP) is 4.15. The van der Waals surface area contributed by atoms with E-state index in [-0.39, 0.29) is 41.7 Å². The average Bonchev–Trinajstić information content (AvgIpc) is 3.25. The number of Topliss-reactive ketones (excluding diaryl/α,β-unsaturated/α-hetero) is 1. The van der Waals surface area contributed by atoms with Crippen molar-refractivity contribution in [1.29, 1.82) is 0 Å². The number of hydrogen-bond donors (Lipinski definition) is 4. The topological polar surface area (TPSA) is 257 Å². The smallest absolute Gasteiger partial charge is 0.408 e. The number of alkyl carbamates (subject to hydrolysis) is 1. The van der Waals surface area contributed by atoms with Gasteiger partial charge >= 0.3 is 35.9 Å². The Morgan fingerprint density at radius 1 is 0.925 bits per heavy atom. The number of fused-ring (bicyclic) bond motifs is 5. The highest BCUT2D eigenvalue weighted by Crippen LogP contribution is 2.64. The van der Waals surface area contributed by atoms with Crippen LogP contribution in [0.5, 0.6) is 0 Å². The molecule has 0 unspecified atom stereocenters. The third kappa shape index (κ3) is 9.45. The monoisotopic (exact) mass is 935 g/mol. The molecule has 364 valence electrons. The first kappa shape index (κ1) is 50.7. The summed E-state index contributed by atoms with van der Waals surface area (Å²) in [5, 5.41) is 40.9. The van der Waals surface area contributed by atoms with Crippen LogP contribution in [0.25, 0.3) is 0 Å². The van der Waals surface area contributed by atoms with Crippen molar-refractivity contribution in [2.45, 2.75) is 147 Å². The minimum absolute atomic E-state index is 0.000155. The molecule has 2 aromatic carbocycles. The van der Waals surface area contributed by atoms with E-state index in [1.807, 2.05) is 0 Å². The maximum atomic E-state index is 15.2. The summed E-state index contributed by atoms with van der Waals surface area (Å²) in [6.45, 7) is 12.1. The van der Waals surface area contributed by atoms with Crippen molar-refractivity contribution in [2.24, 2.45) is 16.7 Å². The molecule has 2 aromatic rings. The van der Waals surface area contributed by atoms with Gasteiger partial charge in [-0.25, -0.2) is 19.2 Å². The van der Waals surface area contributed by atoms with Crippen LogP contribution in [0.2, 0.25) is 0 Å². The average molecular weight is 936 g/mol. The van der Waals surface area contributed by atoms with Crippen LogP contribution in [0.15, 0.2) is 71.8 Å². The second kappa shape index (κ2) is 19.1. The Labute approximate surface area is 388 Å². The van der Waals surface area contributed by atoms with Crippen LogP contribution in [0.4, 0.5) is 4.79 Å². The van der Waals surface area contributed by atoms with Crippen molar-refractivity contribution < 1.29 is 82.0 Å². The van der Waals surface area contributed by atoms with E-state index in [4.69, 9.17) is 33.2 Å². The van der Waals surface area contributed by atoms with Gasteiger partial charge in [0.1, 0.15) is 41.7 Å². The number of ether oxygens (including phenoxy) is 7. The van der Waals surface area contributed by atoms with Gasteiger partial charge in [0.15, 0.2) is 18.0 Å². The third-order valence-electron chi connectivity index (χ3n) is 13.5. The maximum absolute atomic E-state index is 15.2. The molecule has 3 fully saturated rings. The molecular formula is C49H61NO17. The first-order chi connectivity index (χ1) is 31.3. The molecule has 1 amide bonds. The number of hydrogen-bond acceptors (Lipinski definition) is 17. The Balaban J connectivity index is 1.56. The second-order valence-electron chi connectivity index (χ2n) is 19.4. The molecule has 1 saturated heterocycles. The fourth-order valence-electron chi connectivity index (χ4n) is 10.4. The summed E-state index contributed by atoms with van der Waals surface area (Å²) in [4.78, 5) is 97.1. The third-order valence-corrected chi connectivity index (χ3v) is 13.5. The second-order valence-corrected chi connectivity index (χ2v) is 19.4. The Morgan fingerprint density at radius 2 is 1.55 bits per heavy atom. The molecular weight excluding hydrogens is 875 g/mol. The van der Waals surface area contributed by atoms with Gasteiger partial charge in [-0.05, 0) is 64.3 Å². The molecule has 0 spiro atoms. The van der Waals surface area contributed by atoms with Crippen LogP contribution in [0, 0.1) is 16.7 Å². The molecule has 18 heteroatoms. The van der Waals surface area contributed by atoms with E-state index in [0.29, 0.717) is 6.42 Å². The van der Waals surface area contributed by atoms with Gasteiger partial charge < -0.3 is 53.8 Å². The van der Waals surface area contributed by atoms with E-state index in [9.17, 15) is 39.3 Å². The molecule has 1 heterocycles. The summed E-state index contributed by atoms with van der Waals surface area (Å²) in [5.41, 5.74) is -9.17. The maximum Gasteiger partial charge on any atom is 0.408 e. The van der Waals surface area contributed by atoms with Crippen LogP contribution in [-0.2, 0) is 57.1 Å². The van der Waals surface area contributed by atoms with E-state index >= 15 is 9.59 Å². The molecule has 0 radical (unpaired) electrons. The molecule has 0 aromatic heterocycles. The molecule has 11 atom stereocenters. The van der Waals surface area contributed by atoms with E-state index in [0.717, 1.165) is 6.92 Å². The number of rotatable bonds is 13. The van der Waals surface area contributed by atoms with Crippen LogP contribution in [0.1, 0.15) is 110 Å². The molecule has 1 aliphatic heterocycles. The molecule has 2 saturated carbocycles. The van der Waals surface area contributed by atoms with E-state index < -0.39 is 131 Å². The molecule has 18 nitrogen and oxygen atoms in total. The lowest BCUT2D eigenvalue weighted by atomic mass is 9.44. The SMILES string of the molecule is CCCC(=O)OCC(=O)O[C@@H](C(=O)O[C@@H]1CC(C)=C2[C@@H](O)C(=O)[C@@]3(C)[C@H]([C@H](OC(=O)c4ccccc4)[C@@]1(O)C2(C)C)[C@]1(OC(C)=O)CO[C@@H]1C[C@@H]3O)[C@@H](NC(=O)OC(C)(C)C)c1ccccc1. The quantitative estimate of drug-likeness (QED) is 0.125. The standard InChI is InChI=1S/C49H61NO17/c1-10-17-33(53)61-24-34(54)64-38(36(28-18-13-11-14-19-28)50-44(59)67-45(4,5)6)43(58)63-32-22-26(2)35-37(55)40(56)47(9)30(52)23-31-48(25-62-31,66-27(3)51)39(47)41(49(32,60)46(35,7)8)65-42(57)29-20-15-12-16-21-29/h11-16,18-21,30-32,36-39,41,52,55,60H,10,17,22-25H2,1-9H3,(H,50,59)/t30-,31+,32+,36-,37+,38+,39-,41-,47+,48-,49+/m0/s1. The fourth-order valence-corrected chi connectivity index (χ4v) is 10.4. The van der Waals surface area contributed by atoms with Crippen molar-refractivity contribution in [3.05, 3.63) is 82.9 Å². The number of aliphatic hydroxyl groups is 3. The predicted molar refractivity (Wildman–Crippen MR) is 233 cm³/mol. The van der Waals surface area contributed by atoms with Gasteiger partial charge in [0, 0.05) is 31.6 Å². The zero-order valence-corrected chi connectivity index (χ0v) is 39.2. The van der Waals surface area contributed by atoms with Crippen LogP contribution < -0.4 is 5.32 Å². The van der Waals surface area contributed by atoms with Gasteiger partial charge in [-0.3, -0.25) is 14.4 Å². The van der Waals surface area contributed by atoms with Crippen molar-refractivity contribution >= 4 is 41.7 Å². The van der Waals surface area contributed by atoms with Crippen LogP contribution in [-0.4, -0.2) is 124 Å². The highest BCUT2D eigenvalue weighted by Gasteiger charge is 2.79. The first-order valence-corrected chi connectivity index (χ1v) is 22.3. The zero-order valence-electron chi connectivity index (χ0n) is 39.2. The summed E-state index contributed by atoms with van der Waals surface area (Å²) >= 11 is 0. The minimum atomic E-state index is -2.72. The summed E-state index contributed by atoms with van der Waals surface area (Å²) in [7, 11) is 0. The van der Waals surface area contributed by atoms with E-state index in [2.05, 4.69) is 5.32 Å². The lowest BCUT2D eigenvalue weighted by Gasteiger charge is -2.67. The number of nitrogens with one attached hydrogen (secondary N) is 1. The van der Waals surface area contributed by atoms with E-state index in [1.165, 1.54) is 45.0 Å². The molecule has 3 aliphatic carbocycles. The van der Waals surface area contributed by atoms with E-state index in [1.54, 1.807) is 71.0 Å². The van der Waals surface area contributed by atoms with Gasteiger partial charge in [-0.15, -0.1) is 0 Å². The molecule has 4 aliphatic rings. The van der Waals surface area contributed by atoms with Crippen molar-refractivity contribution in [2.75, 3.05) is 13.2 Å². The fraction of sp³-hybridized carbons (Fsp3) is 0.571. The highest BCUT2D eigenvalue weighted by atomic mass is 16.6. The van der Waals surface area contributed by atoms with Crippen LogP contribution >= 0.6 is 0 Å². The summed E-state index contributed by atoms with van der Waals surface area (Å²) < 4.78 is 41.1. The van der Waals surface area contributed by atoms with Crippen molar-refractivity contribution in [1.82, 2.24) is 5.32 Å². The lowest BCUT2D eigenvalue weighted by molar-refractivity contribution is -0.350. The van der Waals surface area contributed by atoms with Crippen LogP contribution in [0.3, 0.4) is 0 Å². The Hall–Kier alpha value is -5.69. The molecule has 67 heavy (non-hydrogen) atoms. The normalized spacial score (nSPS) is 30.5. The Bertz CT molecular complexity index is 2270. The first-order valence-electron chi connectivity index (χ1n) is 22.3. The number of esters is 5. The van der Waals surface area contributed by atoms with Gasteiger partial charge in [0.2, 0.25) is 6.10 Å². The van der Waals surface area contributed by atoms with Gasteiger partial charge in [-0.1, -0.05) is 74.9 Å². The Morgan fingerprint density at radius 3 is 2.12 bits per heavy atom. The van der Waals surface area contributed by atoms with Gasteiger partial charge in [0.05, 0.1) is 29.6 Å². The number of carbonyl (C=O) groups is 7. The number of amides is 1. The number of benzene rings is 2. The zero-order chi connectivity index (χ0) is 49.4. The number of aliphatic hydroxyl groups excluding tert-OH is 2. The Kier molecular flexibility index (Phi) is 14.5. The van der Waals surface area contributed by atoms with Crippen molar-refractivity contribution in [3.8, 4) is 0 Å². The molecule has 6 rings (SSSR count). The summed E-state index contributed by atoms with van der Waals surface area (Å²) in [5.74, 6) is -7.75. The van der Waals surface area contributed by atoms with Gasteiger partial charge in [-0.2, -0.15) is 0 Å². The summed E-state index contributed by atoms with van der Waals surface area (Å²) in [6, 6.07) is 14.0.